The molecule has 12 heavy (non-hydrogen) atoms. The molecule has 0 fully saturated rings. The van der Waals surface area contributed by atoms with E-state index in [2.05, 4.69) is 12.1 Å². The van der Waals surface area contributed by atoms with Gasteiger partial charge in [0.1, 0.15) is 5.75 Å². The third-order valence-electron chi connectivity index (χ3n) is 1.82. The third-order valence-corrected chi connectivity index (χ3v) is 1.82. The van der Waals surface area contributed by atoms with E-state index in [0.29, 0.717) is 0 Å². The van der Waals surface area contributed by atoms with Crippen molar-refractivity contribution in [2.45, 2.75) is 12.8 Å². The Balaban J connectivity index is 0.000000336. The first kappa shape index (κ1) is 9.78. The summed E-state index contributed by atoms with van der Waals surface area (Å²) in [5.74, 6) is 1.08. The molecule has 0 atom stereocenters. The van der Waals surface area contributed by atoms with Crippen LogP contribution in [0.1, 0.15) is 12.0 Å². The van der Waals surface area contributed by atoms with Gasteiger partial charge in [0.2, 0.25) is 0 Å². The summed E-state index contributed by atoms with van der Waals surface area (Å²) >= 11 is 1.45. The minimum atomic E-state index is 0.886. The van der Waals surface area contributed by atoms with Crippen LogP contribution in [0.4, 0.5) is 3.02 Å². The molecule has 1 aliphatic heterocycles. The average molecular weight is 261 g/mol. The standard InChI is InChI=1S/C9H10O.Ag.FH/c1-2-6-9-8(4-1)5-3-7-10-9;;/h1-2,4,6H,3,5,7H2;;1H/q;+1;/p-1. The smallest absolute Gasteiger partial charge is 0.122 e. The Bertz CT molecular complexity index is 215. The molecule has 0 saturated carbocycles. The molecule has 2 rings (SSSR count). The summed E-state index contributed by atoms with van der Waals surface area (Å²) in [6.45, 7) is 0.886. The van der Waals surface area contributed by atoms with Crippen LogP contribution in [-0.4, -0.2) is 6.61 Å². The normalized spacial score (nSPS) is 13.6. The molecule has 0 saturated heterocycles. The van der Waals surface area contributed by atoms with Gasteiger partial charge in [0, 0.05) is 0 Å². The first-order valence-corrected chi connectivity index (χ1v) is 4.35. The Labute approximate surface area is 84.5 Å². The minimum Gasteiger partial charge on any atom is -0.493 e. The van der Waals surface area contributed by atoms with Crippen molar-refractivity contribution in [1.82, 2.24) is 0 Å². The van der Waals surface area contributed by atoms with E-state index in [9.17, 15) is 3.02 Å². The zero-order valence-electron chi connectivity index (χ0n) is 6.52. The summed E-state index contributed by atoms with van der Waals surface area (Å²) in [6.07, 6.45) is 2.34. The fraction of sp³-hybridized carbons (Fsp3) is 0.333. The maximum absolute atomic E-state index is 9.31. The van der Waals surface area contributed by atoms with Gasteiger partial charge in [-0.2, -0.15) is 0 Å². The predicted octanol–water partition coefficient (Wildman–Crippen LogP) is 2.43. The second kappa shape index (κ2) is 5.36. The molecular weight excluding hydrogens is 251 g/mol. The molecule has 0 radical (unpaired) electrons. The molecule has 1 aliphatic rings. The van der Waals surface area contributed by atoms with Crippen LogP contribution in [0, 0.1) is 0 Å². The summed E-state index contributed by atoms with van der Waals surface area (Å²) in [5.41, 5.74) is 1.36. The van der Waals surface area contributed by atoms with E-state index < -0.39 is 0 Å². The summed E-state index contributed by atoms with van der Waals surface area (Å²) < 4.78 is 14.7. The SMILES string of the molecule is [F][Ag].c1ccc2c(c1)CCCO2. The Morgan fingerprint density at radius 3 is 2.75 bits per heavy atom. The van der Waals surface area contributed by atoms with Crippen LogP contribution in [0.15, 0.2) is 24.3 Å². The van der Waals surface area contributed by atoms with Crippen LogP contribution < -0.4 is 4.74 Å². The molecule has 1 nitrogen and oxygen atoms in total. The molecule has 3 heteroatoms. The fourth-order valence-electron chi connectivity index (χ4n) is 1.30. The quantitative estimate of drug-likeness (QED) is 0.652. The van der Waals surface area contributed by atoms with Gasteiger partial charge in [0.25, 0.3) is 0 Å². The van der Waals surface area contributed by atoms with Crippen LogP contribution >= 0.6 is 0 Å². The number of rotatable bonds is 0. The van der Waals surface area contributed by atoms with Gasteiger partial charge in [-0.1, -0.05) is 18.2 Å². The van der Waals surface area contributed by atoms with Crippen LogP contribution in [0.3, 0.4) is 0 Å². The van der Waals surface area contributed by atoms with Crippen LogP contribution in [-0.2, 0) is 28.0 Å². The van der Waals surface area contributed by atoms with E-state index in [1.807, 2.05) is 12.1 Å². The fourth-order valence-corrected chi connectivity index (χ4v) is 1.30. The third kappa shape index (κ3) is 2.34. The zero-order valence-corrected chi connectivity index (χ0v) is 8.00. The number of benzene rings is 1. The van der Waals surface area contributed by atoms with Crippen LogP contribution in [0.5, 0.6) is 5.75 Å². The second-order valence-corrected chi connectivity index (χ2v) is 2.56. The summed E-state index contributed by atoms with van der Waals surface area (Å²) in [7, 11) is 0. The molecule has 1 aromatic carbocycles. The van der Waals surface area contributed by atoms with Gasteiger partial charge in [-0.05, 0) is 24.5 Å². The maximum atomic E-state index is 9.31. The van der Waals surface area contributed by atoms with E-state index in [4.69, 9.17) is 4.74 Å². The molecule has 0 bridgehead atoms. The summed E-state index contributed by atoms with van der Waals surface area (Å²) in [4.78, 5) is 0. The zero-order chi connectivity index (χ0) is 8.81. The molecule has 0 N–H and O–H groups in total. The van der Waals surface area contributed by atoms with Crippen molar-refractivity contribution in [3.05, 3.63) is 29.8 Å². The molecule has 0 unspecified atom stereocenters. The van der Waals surface area contributed by atoms with Crippen molar-refractivity contribution < 1.29 is 29.4 Å². The van der Waals surface area contributed by atoms with Gasteiger partial charge in [-0.3, -0.25) is 0 Å². The van der Waals surface area contributed by atoms with Crippen molar-refractivity contribution >= 4 is 0 Å². The molecule has 0 aliphatic carbocycles. The van der Waals surface area contributed by atoms with E-state index in [1.54, 1.807) is 0 Å². The van der Waals surface area contributed by atoms with Crippen molar-refractivity contribution in [2.75, 3.05) is 6.61 Å². The van der Waals surface area contributed by atoms with Gasteiger partial charge in [0.15, 0.2) is 0 Å². The summed E-state index contributed by atoms with van der Waals surface area (Å²) in [5, 5.41) is 0. The first-order valence-electron chi connectivity index (χ1n) is 3.79. The Morgan fingerprint density at radius 1 is 1.25 bits per heavy atom. The van der Waals surface area contributed by atoms with Gasteiger partial charge >= 0.3 is 24.6 Å². The van der Waals surface area contributed by atoms with Crippen molar-refractivity contribution in [1.29, 1.82) is 0 Å². The van der Waals surface area contributed by atoms with E-state index in [1.165, 1.54) is 33.6 Å². The molecular formula is C9H10AgFO. The molecule has 0 spiro atoms. The molecule has 0 aromatic heterocycles. The maximum Gasteiger partial charge on any atom is 0.122 e. The predicted molar refractivity (Wildman–Crippen MR) is 41.4 cm³/mol. The number of para-hydroxylation sites is 1. The van der Waals surface area contributed by atoms with E-state index >= 15 is 0 Å². The van der Waals surface area contributed by atoms with Crippen molar-refractivity contribution in [3.8, 4) is 5.75 Å². The van der Waals surface area contributed by atoms with Crippen molar-refractivity contribution in [2.24, 2.45) is 0 Å². The summed E-state index contributed by atoms with van der Waals surface area (Å²) in [6, 6.07) is 8.25. The average Bonchev–Trinajstić information content (AvgIpc) is 2.21. The minimum absolute atomic E-state index is 0.886. The molecule has 0 amide bonds. The number of ether oxygens (including phenoxy) is 1. The largest absolute Gasteiger partial charge is 0.493 e. The van der Waals surface area contributed by atoms with E-state index in [0.717, 1.165) is 18.8 Å². The number of fused-ring (bicyclic) bond motifs is 1. The molecule has 1 aromatic rings. The monoisotopic (exact) mass is 260 g/mol. The number of aryl methyl sites for hydroxylation is 1. The van der Waals surface area contributed by atoms with Crippen molar-refractivity contribution in [3.63, 3.8) is 0 Å². The van der Waals surface area contributed by atoms with E-state index in [-0.39, 0.29) is 0 Å². The molecule has 1 heterocycles. The molecule has 70 valence electrons. The number of hydrogen-bond acceptors (Lipinski definition) is 1. The number of hydrogen-bond donors (Lipinski definition) is 0. The Hall–Kier alpha value is -0.310. The van der Waals surface area contributed by atoms with Crippen LogP contribution in [0.25, 0.3) is 0 Å². The Kier molecular flexibility index (Phi) is 4.36. The van der Waals surface area contributed by atoms with Gasteiger partial charge < -0.3 is 4.74 Å². The number of halogens is 1. The van der Waals surface area contributed by atoms with Gasteiger partial charge in [0.05, 0.1) is 6.61 Å². The van der Waals surface area contributed by atoms with Gasteiger partial charge in [-0.15, -0.1) is 0 Å². The van der Waals surface area contributed by atoms with Gasteiger partial charge in [-0.25, -0.2) is 0 Å². The van der Waals surface area contributed by atoms with Crippen LogP contribution in [0.2, 0.25) is 0 Å². The first-order chi connectivity index (χ1) is 5.97. The Morgan fingerprint density at radius 2 is 2.00 bits per heavy atom. The topological polar surface area (TPSA) is 9.23 Å². The second-order valence-electron chi connectivity index (χ2n) is 2.56.